The summed E-state index contributed by atoms with van der Waals surface area (Å²) in [4.78, 5) is 25.8. The average Bonchev–Trinajstić information content (AvgIpc) is 2.77. The van der Waals surface area contributed by atoms with E-state index in [-0.39, 0.29) is 21.8 Å². The molecule has 0 aliphatic carbocycles. The Hall–Kier alpha value is -3.33. The van der Waals surface area contributed by atoms with Crippen molar-refractivity contribution in [3.63, 3.8) is 0 Å². The third kappa shape index (κ3) is 4.34. The van der Waals surface area contributed by atoms with Crippen molar-refractivity contribution >= 4 is 21.8 Å². The van der Waals surface area contributed by atoms with Crippen LogP contribution in [0, 0.1) is 12.3 Å². The number of aryl methyl sites for hydroxylation is 1. The molecule has 0 fully saturated rings. The molecule has 170 valence electrons. The highest BCUT2D eigenvalue weighted by molar-refractivity contribution is 7.89. The molecule has 0 radical (unpaired) electrons. The van der Waals surface area contributed by atoms with Gasteiger partial charge < -0.3 is 14.2 Å². The maximum atomic E-state index is 13.4. The van der Waals surface area contributed by atoms with E-state index in [0.29, 0.717) is 5.75 Å². The SMILES string of the molecule is COC(=O)C(C)(C)C1Oc2ccc(OC)cc2C(=O)/C1=C\NS(=O)(=O)c1ccc(C)cc1. The Balaban J connectivity index is 2.08. The molecule has 1 atom stereocenters. The smallest absolute Gasteiger partial charge is 0.315 e. The molecule has 0 bridgehead atoms. The summed E-state index contributed by atoms with van der Waals surface area (Å²) in [6, 6.07) is 11.0. The molecule has 8 nitrogen and oxygen atoms in total. The van der Waals surface area contributed by atoms with Crippen molar-refractivity contribution in [3.05, 3.63) is 65.4 Å². The Morgan fingerprint density at radius 1 is 1.12 bits per heavy atom. The number of hydrogen-bond donors (Lipinski definition) is 1. The highest BCUT2D eigenvalue weighted by atomic mass is 32.2. The van der Waals surface area contributed by atoms with Crippen LogP contribution < -0.4 is 14.2 Å². The summed E-state index contributed by atoms with van der Waals surface area (Å²) in [6.07, 6.45) is -0.0148. The van der Waals surface area contributed by atoms with Crippen molar-refractivity contribution in [1.29, 1.82) is 0 Å². The molecule has 32 heavy (non-hydrogen) atoms. The minimum absolute atomic E-state index is 0.0307. The Bertz CT molecular complexity index is 1180. The number of rotatable bonds is 6. The fourth-order valence-electron chi connectivity index (χ4n) is 3.36. The quantitative estimate of drug-likeness (QED) is 0.523. The van der Waals surface area contributed by atoms with Crippen molar-refractivity contribution in [2.45, 2.75) is 31.8 Å². The number of esters is 1. The molecule has 1 aliphatic rings. The first-order chi connectivity index (χ1) is 15.0. The van der Waals surface area contributed by atoms with Gasteiger partial charge in [-0.1, -0.05) is 17.7 Å². The van der Waals surface area contributed by atoms with Crippen molar-refractivity contribution in [1.82, 2.24) is 4.72 Å². The fourth-order valence-corrected chi connectivity index (χ4v) is 4.27. The predicted molar refractivity (Wildman–Crippen MR) is 117 cm³/mol. The molecule has 1 N–H and O–H groups in total. The van der Waals surface area contributed by atoms with Gasteiger partial charge in [-0.3, -0.25) is 14.3 Å². The normalized spacial score (nSPS) is 17.3. The number of fused-ring (bicyclic) bond motifs is 1. The number of hydrogen-bond acceptors (Lipinski definition) is 7. The van der Waals surface area contributed by atoms with E-state index in [2.05, 4.69) is 4.72 Å². The summed E-state index contributed by atoms with van der Waals surface area (Å²) in [7, 11) is -1.26. The van der Waals surface area contributed by atoms with E-state index in [1.165, 1.54) is 32.4 Å². The standard InChI is InChI=1S/C23H25NO7S/c1-14-6-9-16(10-7-14)32(27,28)24-13-18-20(25)17-12-15(29-4)8-11-19(17)31-21(18)23(2,3)22(26)30-5/h6-13,21,24H,1-5H3/b18-13+. The number of Topliss-reactive ketones (excluding diaryl/α,β-unsaturated/α-hetero) is 1. The van der Waals surface area contributed by atoms with Crippen LogP contribution in [0.2, 0.25) is 0 Å². The highest BCUT2D eigenvalue weighted by Gasteiger charge is 2.47. The largest absolute Gasteiger partial charge is 0.497 e. The number of carbonyl (C=O) groups is 2. The number of ketones is 1. The lowest BCUT2D eigenvalue weighted by molar-refractivity contribution is -0.154. The molecule has 3 rings (SSSR count). The van der Waals surface area contributed by atoms with E-state index in [0.717, 1.165) is 11.8 Å². The van der Waals surface area contributed by atoms with Crippen LogP contribution in [0.15, 0.2) is 59.1 Å². The van der Waals surface area contributed by atoms with E-state index >= 15 is 0 Å². The number of sulfonamides is 1. The van der Waals surface area contributed by atoms with Crippen molar-refractivity contribution < 1.29 is 32.2 Å². The Kier molecular flexibility index (Phi) is 6.32. The summed E-state index contributed by atoms with van der Waals surface area (Å²) in [6.45, 7) is 4.97. The van der Waals surface area contributed by atoms with Gasteiger partial charge in [0, 0.05) is 6.20 Å². The van der Waals surface area contributed by atoms with Gasteiger partial charge >= 0.3 is 5.97 Å². The summed E-state index contributed by atoms with van der Waals surface area (Å²) >= 11 is 0. The third-order valence-corrected chi connectivity index (χ3v) is 6.61. The Morgan fingerprint density at radius 2 is 1.78 bits per heavy atom. The summed E-state index contributed by atoms with van der Waals surface area (Å²) in [5, 5.41) is 0. The van der Waals surface area contributed by atoms with Crippen LogP contribution in [0.3, 0.4) is 0 Å². The lowest BCUT2D eigenvalue weighted by Crippen LogP contribution is -2.47. The van der Waals surface area contributed by atoms with E-state index in [9.17, 15) is 18.0 Å². The monoisotopic (exact) mass is 459 g/mol. The second kappa shape index (κ2) is 8.66. The minimum Gasteiger partial charge on any atom is -0.497 e. The van der Waals surface area contributed by atoms with E-state index in [1.54, 1.807) is 38.1 Å². The molecule has 0 spiro atoms. The maximum absolute atomic E-state index is 13.4. The molecule has 1 aliphatic heterocycles. The van der Waals surface area contributed by atoms with E-state index < -0.39 is 33.3 Å². The van der Waals surface area contributed by atoms with Crippen LogP contribution in [0.4, 0.5) is 0 Å². The minimum atomic E-state index is -3.96. The molecule has 2 aromatic rings. The number of methoxy groups -OCH3 is 2. The highest BCUT2D eigenvalue weighted by Crippen LogP contribution is 2.40. The van der Waals surface area contributed by atoms with Crippen molar-refractivity contribution in [3.8, 4) is 11.5 Å². The predicted octanol–water partition coefficient (Wildman–Crippen LogP) is 3.01. The van der Waals surface area contributed by atoms with Gasteiger partial charge in [0.1, 0.15) is 23.0 Å². The van der Waals surface area contributed by atoms with E-state index in [4.69, 9.17) is 14.2 Å². The third-order valence-electron chi connectivity index (χ3n) is 5.29. The number of benzene rings is 2. The van der Waals surface area contributed by atoms with Crippen LogP contribution in [0.5, 0.6) is 11.5 Å². The average molecular weight is 460 g/mol. The molecule has 0 amide bonds. The van der Waals surface area contributed by atoms with Gasteiger partial charge in [0.2, 0.25) is 0 Å². The van der Waals surface area contributed by atoms with Gasteiger partial charge in [-0.25, -0.2) is 8.42 Å². The van der Waals surface area contributed by atoms with Crippen LogP contribution in [0.1, 0.15) is 29.8 Å². The second-order valence-electron chi connectivity index (χ2n) is 7.94. The lowest BCUT2D eigenvalue weighted by atomic mass is 9.78. The fraction of sp³-hybridized carbons (Fsp3) is 0.304. The molecular formula is C23H25NO7S. The molecular weight excluding hydrogens is 434 g/mol. The first kappa shape index (κ1) is 23.3. The summed E-state index contributed by atoms with van der Waals surface area (Å²) in [5.41, 5.74) is -0.217. The second-order valence-corrected chi connectivity index (χ2v) is 9.65. The van der Waals surface area contributed by atoms with Gasteiger partial charge in [0.15, 0.2) is 5.78 Å². The Morgan fingerprint density at radius 3 is 2.38 bits per heavy atom. The number of ether oxygens (including phenoxy) is 3. The van der Waals surface area contributed by atoms with Crippen LogP contribution >= 0.6 is 0 Å². The molecule has 1 heterocycles. The van der Waals surface area contributed by atoms with Gasteiger partial charge in [0.05, 0.1) is 30.3 Å². The molecule has 0 saturated carbocycles. The lowest BCUT2D eigenvalue weighted by Gasteiger charge is -2.36. The molecule has 0 saturated heterocycles. The van der Waals surface area contributed by atoms with Gasteiger partial charge in [-0.05, 0) is 51.1 Å². The van der Waals surface area contributed by atoms with Crippen molar-refractivity contribution in [2.75, 3.05) is 14.2 Å². The van der Waals surface area contributed by atoms with Crippen LogP contribution in [-0.2, 0) is 19.6 Å². The summed E-state index contributed by atoms with van der Waals surface area (Å²) in [5.74, 6) is -0.402. The molecule has 2 aromatic carbocycles. The van der Waals surface area contributed by atoms with Crippen molar-refractivity contribution in [2.24, 2.45) is 5.41 Å². The topological polar surface area (TPSA) is 108 Å². The molecule has 1 unspecified atom stereocenters. The first-order valence-electron chi connectivity index (χ1n) is 9.78. The number of nitrogens with one attached hydrogen (secondary N) is 1. The zero-order valence-electron chi connectivity index (χ0n) is 18.5. The maximum Gasteiger partial charge on any atom is 0.315 e. The van der Waals surface area contributed by atoms with E-state index in [1.807, 2.05) is 6.92 Å². The van der Waals surface area contributed by atoms with Gasteiger partial charge in [0.25, 0.3) is 10.0 Å². The first-order valence-corrected chi connectivity index (χ1v) is 11.3. The zero-order valence-corrected chi connectivity index (χ0v) is 19.3. The number of carbonyl (C=O) groups excluding carboxylic acids is 2. The van der Waals surface area contributed by atoms with Crippen LogP contribution in [-0.4, -0.2) is 40.5 Å². The Labute approximate surface area is 187 Å². The molecule has 0 aromatic heterocycles. The molecule has 9 heteroatoms. The summed E-state index contributed by atoms with van der Waals surface area (Å²) < 4.78 is 43.9. The zero-order chi connectivity index (χ0) is 23.7. The van der Waals surface area contributed by atoms with Gasteiger partial charge in [-0.2, -0.15) is 0 Å². The van der Waals surface area contributed by atoms with Crippen LogP contribution in [0.25, 0.3) is 0 Å². The van der Waals surface area contributed by atoms with Gasteiger partial charge in [-0.15, -0.1) is 0 Å².